The molecule has 0 radical (unpaired) electrons. The zero-order valence-electron chi connectivity index (χ0n) is 6.24. The molecule has 0 aromatic heterocycles. The van der Waals surface area contributed by atoms with Gasteiger partial charge in [0.15, 0.2) is 0 Å². The SMILES string of the molecule is CCCCCC#C[Se-].[Li+]. The van der Waals surface area contributed by atoms with Crippen molar-refractivity contribution in [2.24, 2.45) is 0 Å². The third-order valence-electron chi connectivity index (χ3n) is 0.977. The molecule has 0 rings (SSSR count). The molecule has 0 bridgehead atoms. The number of hydrogen-bond donors (Lipinski definition) is 0. The van der Waals surface area contributed by atoms with Crippen molar-refractivity contribution in [1.82, 2.24) is 0 Å². The van der Waals surface area contributed by atoms with Crippen LogP contribution in [0.15, 0.2) is 0 Å². The van der Waals surface area contributed by atoms with Gasteiger partial charge >= 0.3 is 78.2 Å². The Hall–Kier alpha value is 0.677. The Morgan fingerprint density at radius 3 is 2.44 bits per heavy atom. The van der Waals surface area contributed by atoms with E-state index in [0.717, 1.165) is 6.42 Å². The molecule has 0 N–H and O–H groups in total. The van der Waals surface area contributed by atoms with Gasteiger partial charge in [0.05, 0.1) is 0 Å². The van der Waals surface area contributed by atoms with Gasteiger partial charge in [0.1, 0.15) is 0 Å². The molecular weight excluding hydrogens is 170 g/mol. The molecule has 0 aliphatic rings. The summed E-state index contributed by atoms with van der Waals surface area (Å²) in [4.78, 5) is 2.75. The predicted molar refractivity (Wildman–Crippen MR) is 37.7 cm³/mol. The summed E-state index contributed by atoms with van der Waals surface area (Å²) in [5.74, 6) is 2.98. The van der Waals surface area contributed by atoms with E-state index in [0.29, 0.717) is 0 Å². The van der Waals surface area contributed by atoms with Crippen molar-refractivity contribution < 1.29 is 18.9 Å². The van der Waals surface area contributed by atoms with Crippen LogP contribution in [0, 0.1) is 10.7 Å². The first-order valence-electron chi connectivity index (χ1n) is 3.01. The van der Waals surface area contributed by atoms with Crippen molar-refractivity contribution in [1.29, 1.82) is 0 Å². The van der Waals surface area contributed by atoms with Crippen LogP contribution in [-0.2, 0) is 0 Å². The van der Waals surface area contributed by atoms with E-state index < -0.39 is 0 Å². The average Bonchev–Trinajstić information content (AvgIpc) is 1.81. The van der Waals surface area contributed by atoms with Crippen molar-refractivity contribution in [3.8, 4) is 10.7 Å². The third kappa shape index (κ3) is 12.0. The second-order valence-electron chi connectivity index (χ2n) is 1.74. The fourth-order valence-electron chi connectivity index (χ4n) is 0.514. The molecule has 0 spiro atoms. The van der Waals surface area contributed by atoms with E-state index in [2.05, 4.69) is 33.7 Å². The van der Waals surface area contributed by atoms with Crippen LogP contribution in [0.3, 0.4) is 0 Å². The van der Waals surface area contributed by atoms with E-state index in [1.807, 2.05) is 0 Å². The molecular formula is C7H11LiSe. The van der Waals surface area contributed by atoms with Crippen LogP contribution in [0.1, 0.15) is 32.6 Å². The maximum atomic E-state index is 2.98. The first kappa shape index (κ1) is 12.4. The van der Waals surface area contributed by atoms with E-state index in [1.165, 1.54) is 19.3 Å². The molecule has 0 aliphatic carbocycles. The Kier molecular flexibility index (Phi) is 15.8. The molecule has 46 valence electrons. The van der Waals surface area contributed by atoms with Crippen LogP contribution in [0.4, 0.5) is 0 Å². The van der Waals surface area contributed by atoms with Gasteiger partial charge in [-0.25, -0.2) is 0 Å². The molecule has 0 aromatic carbocycles. The van der Waals surface area contributed by atoms with E-state index in [9.17, 15) is 0 Å². The van der Waals surface area contributed by atoms with E-state index in [-0.39, 0.29) is 18.9 Å². The Labute approximate surface area is 78.2 Å². The van der Waals surface area contributed by atoms with Crippen molar-refractivity contribution >= 4 is 16.0 Å². The maximum absolute atomic E-state index is 2.98. The van der Waals surface area contributed by atoms with Gasteiger partial charge < -0.3 is 0 Å². The van der Waals surface area contributed by atoms with Gasteiger partial charge in [0.2, 0.25) is 0 Å². The molecule has 0 heterocycles. The van der Waals surface area contributed by atoms with E-state index in [4.69, 9.17) is 0 Å². The van der Waals surface area contributed by atoms with Gasteiger partial charge in [0, 0.05) is 0 Å². The molecule has 0 fully saturated rings. The van der Waals surface area contributed by atoms with E-state index in [1.54, 1.807) is 0 Å². The van der Waals surface area contributed by atoms with Crippen LogP contribution in [0.2, 0.25) is 0 Å². The van der Waals surface area contributed by atoms with E-state index >= 15 is 0 Å². The van der Waals surface area contributed by atoms with Gasteiger partial charge in [-0.3, -0.25) is 0 Å². The van der Waals surface area contributed by atoms with Crippen LogP contribution in [0.5, 0.6) is 0 Å². The molecule has 0 atom stereocenters. The molecule has 0 nitrogen and oxygen atoms in total. The first-order chi connectivity index (χ1) is 3.91. The molecule has 9 heavy (non-hydrogen) atoms. The maximum Gasteiger partial charge on any atom is 1.00 e. The topological polar surface area (TPSA) is 0 Å². The minimum atomic E-state index is 0. The quantitative estimate of drug-likeness (QED) is 0.288. The Bertz CT molecular complexity index is 90.8. The number of unbranched alkanes of at least 4 members (excludes halogenated alkanes) is 3. The Morgan fingerprint density at radius 1 is 1.33 bits per heavy atom. The van der Waals surface area contributed by atoms with Crippen LogP contribution in [0.25, 0.3) is 0 Å². The molecule has 2 heteroatoms. The normalized spacial score (nSPS) is 6.78. The van der Waals surface area contributed by atoms with Gasteiger partial charge in [-0.1, -0.05) is 0 Å². The fourth-order valence-corrected chi connectivity index (χ4v) is 0.729. The molecule has 0 saturated carbocycles. The summed E-state index contributed by atoms with van der Waals surface area (Å²) in [7, 11) is 0. The molecule has 0 amide bonds. The zero-order chi connectivity index (χ0) is 6.24. The number of rotatable bonds is 3. The summed E-state index contributed by atoms with van der Waals surface area (Å²) in [5.41, 5.74) is 0. The Balaban J connectivity index is 0. The Morgan fingerprint density at radius 2 is 2.00 bits per heavy atom. The summed E-state index contributed by atoms with van der Waals surface area (Å²) >= 11 is 2.66. The smallest absolute Gasteiger partial charge is 1.00 e. The zero-order valence-corrected chi connectivity index (χ0v) is 7.95. The monoisotopic (exact) mass is 182 g/mol. The molecule has 0 aromatic rings. The van der Waals surface area contributed by atoms with Crippen molar-refractivity contribution in [3.63, 3.8) is 0 Å². The summed E-state index contributed by atoms with van der Waals surface area (Å²) in [5, 5.41) is 0. The van der Waals surface area contributed by atoms with Crippen molar-refractivity contribution in [2.75, 3.05) is 0 Å². The molecule has 0 unspecified atom stereocenters. The number of hydrogen-bond acceptors (Lipinski definition) is 0. The summed E-state index contributed by atoms with van der Waals surface area (Å²) in [6.07, 6.45) is 4.91. The minimum absolute atomic E-state index is 0. The van der Waals surface area contributed by atoms with Crippen LogP contribution in [-0.4, -0.2) is 16.0 Å². The second kappa shape index (κ2) is 11.5. The molecule has 0 saturated heterocycles. The first-order valence-corrected chi connectivity index (χ1v) is 3.87. The van der Waals surface area contributed by atoms with Crippen molar-refractivity contribution in [3.05, 3.63) is 0 Å². The summed E-state index contributed by atoms with van der Waals surface area (Å²) < 4.78 is 0. The van der Waals surface area contributed by atoms with Gasteiger partial charge in [-0.2, -0.15) is 0 Å². The van der Waals surface area contributed by atoms with Gasteiger partial charge in [-0.05, 0) is 0 Å². The average molecular weight is 181 g/mol. The van der Waals surface area contributed by atoms with Crippen molar-refractivity contribution in [2.45, 2.75) is 32.6 Å². The van der Waals surface area contributed by atoms with Gasteiger partial charge in [-0.15, -0.1) is 0 Å². The standard InChI is InChI=1S/C7H12Se.Li/c1-2-3-4-5-6-7-8;/h8H,2-5H2,1H3;/q;+1/p-1. The second-order valence-corrected chi connectivity index (χ2v) is 2.16. The largest absolute Gasteiger partial charge is 1.00 e. The third-order valence-corrected chi connectivity index (χ3v) is 1.28. The fraction of sp³-hybridized carbons (Fsp3) is 0.714. The summed E-state index contributed by atoms with van der Waals surface area (Å²) in [6.45, 7) is 2.20. The molecule has 0 aliphatic heterocycles. The predicted octanol–water partition coefficient (Wildman–Crippen LogP) is -1.30. The van der Waals surface area contributed by atoms with Gasteiger partial charge in [0.25, 0.3) is 0 Å². The van der Waals surface area contributed by atoms with Crippen LogP contribution >= 0.6 is 0 Å². The van der Waals surface area contributed by atoms with Crippen LogP contribution < -0.4 is 18.9 Å². The minimum Gasteiger partial charge on any atom is 1.00 e. The summed E-state index contributed by atoms with van der Waals surface area (Å²) in [6, 6.07) is 0.